The highest BCUT2D eigenvalue weighted by Crippen LogP contribution is 2.32. The first kappa shape index (κ1) is 16.5. The Bertz CT molecular complexity index is 580. The van der Waals surface area contributed by atoms with Crippen molar-refractivity contribution in [2.24, 2.45) is 0 Å². The monoisotopic (exact) mass is 397 g/mol. The second-order valence-corrected chi connectivity index (χ2v) is 9.36. The number of sulfone groups is 1. The van der Waals surface area contributed by atoms with Crippen LogP contribution in [0.3, 0.4) is 0 Å². The Morgan fingerprint density at radius 3 is 2.90 bits per heavy atom. The Hall–Kier alpha value is 0.0900. The smallest absolute Gasteiger partial charge is 0.171 e. The first-order chi connectivity index (χ1) is 9.49. The zero-order chi connectivity index (χ0) is 14.8. The number of nitrogens with zero attached hydrogens (tertiary/aromatic N) is 1. The Kier molecular flexibility index (Phi) is 5.68. The van der Waals surface area contributed by atoms with Crippen LogP contribution in [0.5, 0.6) is 0 Å². The van der Waals surface area contributed by atoms with Gasteiger partial charge in [-0.15, -0.1) is 11.6 Å². The van der Waals surface area contributed by atoms with Gasteiger partial charge >= 0.3 is 0 Å². The average molecular weight is 399 g/mol. The van der Waals surface area contributed by atoms with E-state index in [1.807, 2.05) is 23.1 Å². The number of alkyl halides is 1. The van der Waals surface area contributed by atoms with Gasteiger partial charge in [-0.25, -0.2) is 8.42 Å². The third-order valence-corrected chi connectivity index (χ3v) is 7.47. The fourth-order valence-corrected chi connectivity index (χ4v) is 5.89. The molecule has 0 spiro atoms. The molecule has 0 saturated carbocycles. The molecule has 1 saturated heterocycles. The topological polar surface area (TPSA) is 37.4 Å². The van der Waals surface area contributed by atoms with E-state index in [9.17, 15) is 8.42 Å². The lowest BCUT2D eigenvalue weighted by atomic mass is 10.2. The molecule has 1 unspecified atom stereocenters. The molecular formula is C13H17BrClNO2S2. The lowest BCUT2D eigenvalue weighted by Crippen LogP contribution is -2.48. The maximum Gasteiger partial charge on any atom is 0.171 e. The summed E-state index contributed by atoms with van der Waals surface area (Å²) in [6.07, 6.45) is 0. The molecule has 20 heavy (non-hydrogen) atoms. The summed E-state index contributed by atoms with van der Waals surface area (Å²) < 4.78 is 25.6. The quantitative estimate of drug-likeness (QED) is 0.727. The number of halogens is 2. The van der Waals surface area contributed by atoms with Crippen molar-refractivity contribution in [2.45, 2.75) is 18.2 Å². The van der Waals surface area contributed by atoms with Gasteiger partial charge in [-0.2, -0.15) is 11.8 Å². The molecule has 0 radical (unpaired) electrons. The minimum atomic E-state index is -3.10. The van der Waals surface area contributed by atoms with Crippen LogP contribution in [0, 0.1) is 0 Å². The van der Waals surface area contributed by atoms with Gasteiger partial charge in [0.15, 0.2) is 9.84 Å². The van der Waals surface area contributed by atoms with Crippen LogP contribution in [0.1, 0.15) is 12.5 Å². The highest BCUT2D eigenvalue weighted by molar-refractivity contribution is 9.10. The summed E-state index contributed by atoms with van der Waals surface area (Å²) in [4.78, 5) is 2.00. The third kappa shape index (κ3) is 3.46. The Labute approximate surface area is 138 Å². The van der Waals surface area contributed by atoms with Gasteiger partial charge < -0.3 is 4.90 Å². The number of rotatable bonds is 4. The van der Waals surface area contributed by atoms with Gasteiger partial charge in [0.2, 0.25) is 0 Å². The number of benzene rings is 1. The van der Waals surface area contributed by atoms with E-state index in [2.05, 4.69) is 15.9 Å². The van der Waals surface area contributed by atoms with Crippen molar-refractivity contribution in [3.8, 4) is 0 Å². The predicted molar refractivity (Wildman–Crippen MR) is 91.6 cm³/mol. The molecule has 1 aromatic rings. The number of hydrogen-bond acceptors (Lipinski definition) is 4. The minimum absolute atomic E-state index is 0.168. The van der Waals surface area contributed by atoms with Crippen LogP contribution >= 0.6 is 39.3 Å². The molecule has 0 amide bonds. The van der Waals surface area contributed by atoms with Crippen LogP contribution in [0.4, 0.5) is 5.69 Å². The van der Waals surface area contributed by atoms with Crippen LogP contribution in [0.25, 0.3) is 0 Å². The van der Waals surface area contributed by atoms with Crippen LogP contribution in [-0.4, -0.2) is 37.6 Å². The standard InChI is InChI=1S/C13H17BrClNO2S2/c1-2-20(17,18)13-9-19-6-5-16(13)12-4-3-11(14)7-10(12)8-15/h3-4,7,13H,2,5-6,8-9H2,1H3. The summed E-state index contributed by atoms with van der Waals surface area (Å²) in [6, 6.07) is 5.85. The molecule has 112 valence electrons. The van der Waals surface area contributed by atoms with Crippen LogP contribution < -0.4 is 4.90 Å². The van der Waals surface area contributed by atoms with Crippen molar-refractivity contribution in [3.63, 3.8) is 0 Å². The second kappa shape index (κ2) is 6.90. The Morgan fingerprint density at radius 1 is 1.50 bits per heavy atom. The second-order valence-electron chi connectivity index (χ2n) is 4.58. The summed E-state index contributed by atoms with van der Waals surface area (Å²) >= 11 is 11.1. The van der Waals surface area contributed by atoms with Gasteiger partial charge in [0, 0.05) is 39.8 Å². The van der Waals surface area contributed by atoms with Gasteiger partial charge in [0.1, 0.15) is 5.37 Å². The van der Waals surface area contributed by atoms with E-state index in [0.29, 0.717) is 11.6 Å². The van der Waals surface area contributed by atoms with Gasteiger partial charge in [-0.05, 0) is 23.8 Å². The summed E-state index contributed by atoms with van der Waals surface area (Å²) in [6.45, 7) is 2.44. The zero-order valence-electron chi connectivity index (χ0n) is 11.2. The highest BCUT2D eigenvalue weighted by Gasteiger charge is 2.33. The maximum absolute atomic E-state index is 12.3. The Morgan fingerprint density at radius 2 is 2.25 bits per heavy atom. The molecule has 3 nitrogen and oxygen atoms in total. The summed E-state index contributed by atoms with van der Waals surface area (Å²) in [5, 5.41) is -0.450. The van der Waals surface area contributed by atoms with E-state index in [1.165, 1.54) is 0 Å². The minimum Gasteiger partial charge on any atom is -0.353 e. The van der Waals surface area contributed by atoms with Crippen molar-refractivity contribution in [2.75, 3.05) is 28.7 Å². The molecular weight excluding hydrogens is 382 g/mol. The number of anilines is 1. The summed E-state index contributed by atoms with van der Waals surface area (Å²) in [5.41, 5.74) is 1.90. The van der Waals surface area contributed by atoms with Gasteiger partial charge in [0.25, 0.3) is 0 Å². The third-order valence-electron chi connectivity index (χ3n) is 3.40. The molecule has 7 heteroatoms. The van der Waals surface area contributed by atoms with Crippen molar-refractivity contribution in [1.29, 1.82) is 0 Å². The van der Waals surface area contributed by atoms with E-state index >= 15 is 0 Å². The van der Waals surface area contributed by atoms with Gasteiger partial charge in [-0.3, -0.25) is 0 Å². The lowest BCUT2D eigenvalue weighted by Gasteiger charge is -2.37. The van der Waals surface area contributed by atoms with E-state index in [0.717, 1.165) is 28.0 Å². The molecule has 1 heterocycles. The molecule has 1 fully saturated rings. The molecule has 0 N–H and O–H groups in total. The molecule has 2 rings (SSSR count). The van der Waals surface area contributed by atoms with E-state index < -0.39 is 15.2 Å². The molecule has 1 aromatic carbocycles. The van der Waals surface area contributed by atoms with Crippen molar-refractivity contribution < 1.29 is 8.42 Å². The lowest BCUT2D eigenvalue weighted by molar-refractivity contribution is 0.579. The normalized spacial score (nSPS) is 20.1. The zero-order valence-corrected chi connectivity index (χ0v) is 15.2. The van der Waals surface area contributed by atoms with Crippen molar-refractivity contribution in [3.05, 3.63) is 28.2 Å². The maximum atomic E-state index is 12.3. The van der Waals surface area contributed by atoms with Crippen LogP contribution in [-0.2, 0) is 15.7 Å². The fraction of sp³-hybridized carbons (Fsp3) is 0.538. The van der Waals surface area contributed by atoms with Crippen molar-refractivity contribution in [1.82, 2.24) is 0 Å². The summed E-state index contributed by atoms with van der Waals surface area (Å²) in [7, 11) is -3.10. The molecule has 0 aliphatic carbocycles. The first-order valence-electron chi connectivity index (χ1n) is 6.40. The summed E-state index contributed by atoms with van der Waals surface area (Å²) in [5.74, 6) is 2.10. The largest absolute Gasteiger partial charge is 0.353 e. The first-order valence-corrected chi connectivity index (χ1v) is 10.6. The van der Waals surface area contributed by atoms with E-state index in [-0.39, 0.29) is 5.75 Å². The molecule has 1 aliphatic heterocycles. The van der Waals surface area contributed by atoms with E-state index in [1.54, 1.807) is 18.7 Å². The van der Waals surface area contributed by atoms with Gasteiger partial charge in [0.05, 0.1) is 0 Å². The predicted octanol–water partition coefficient (Wildman–Crippen LogP) is 3.50. The van der Waals surface area contributed by atoms with E-state index in [4.69, 9.17) is 11.6 Å². The van der Waals surface area contributed by atoms with Gasteiger partial charge in [-0.1, -0.05) is 22.9 Å². The molecule has 1 atom stereocenters. The average Bonchev–Trinajstić information content (AvgIpc) is 2.47. The SMILES string of the molecule is CCS(=O)(=O)C1CSCCN1c1ccc(Br)cc1CCl. The number of hydrogen-bond donors (Lipinski definition) is 0. The van der Waals surface area contributed by atoms with Crippen LogP contribution in [0.2, 0.25) is 0 Å². The fourth-order valence-electron chi connectivity index (χ4n) is 2.29. The molecule has 1 aliphatic rings. The van der Waals surface area contributed by atoms with Crippen LogP contribution in [0.15, 0.2) is 22.7 Å². The molecule has 0 aromatic heterocycles. The van der Waals surface area contributed by atoms with Crippen molar-refractivity contribution >= 4 is 54.8 Å². The Balaban J connectivity index is 2.43. The number of thioether (sulfide) groups is 1. The molecule has 0 bridgehead atoms. The highest BCUT2D eigenvalue weighted by atomic mass is 79.9.